The standard InChI is InChI=1S/C19H20N4O3S/c1-12(2)13-6-8-15(9-7-13)26-11-17-21-22-19(27)23(17)20-10-14-4-3-5-16(24)18(14)25/h3-10,12,24-25H,11H2,1-2H3,(H,22,27)/b20-10+. The van der Waals surface area contributed by atoms with Crippen LogP contribution in [0.2, 0.25) is 0 Å². The predicted molar refractivity (Wildman–Crippen MR) is 105 cm³/mol. The number of benzene rings is 2. The molecule has 0 aliphatic carbocycles. The van der Waals surface area contributed by atoms with E-state index in [-0.39, 0.29) is 18.1 Å². The number of para-hydroxylation sites is 1. The summed E-state index contributed by atoms with van der Waals surface area (Å²) in [4.78, 5) is 0. The molecule has 0 bridgehead atoms. The number of nitrogens with one attached hydrogen (secondary N) is 1. The molecule has 0 amide bonds. The molecule has 0 atom stereocenters. The van der Waals surface area contributed by atoms with Crippen LogP contribution in [0.3, 0.4) is 0 Å². The van der Waals surface area contributed by atoms with Gasteiger partial charge in [-0.25, -0.2) is 5.10 Å². The zero-order valence-electron chi connectivity index (χ0n) is 15.0. The van der Waals surface area contributed by atoms with Crippen molar-refractivity contribution < 1.29 is 14.9 Å². The lowest BCUT2D eigenvalue weighted by atomic mass is 10.0. The quantitative estimate of drug-likeness (QED) is 0.340. The molecule has 140 valence electrons. The van der Waals surface area contributed by atoms with Gasteiger partial charge in [-0.2, -0.15) is 14.9 Å². The molecule has 0 aliphatic rings. The highest BCUT2D eigenvalue weighted by Crippen LogP contribution is 2.26. The smallest absolute Gasteiger partial charge is 0.216 e. The first-order valence-corrected chi connectivity index (χ1v) is 8.81. The summed E-state index contributed by atoms with van der Waals surface area (Å²) in [5, 5.41) is 30.4. The monoisotopic (exact) mass is 384 g/mol. The zero-order chi connectivity index (χ0) is 19.4. The van der Waals surface area contributed by atoms with Gasteiger partial charge in [0.1, 0.15) is 12.4 Å². The first kappa shape index (κ1) is 18.7. The Morgan fingerprint density at radius 3 is 2.67 bits per heavy atom. The van der Waals surface area contributed by atoms with Crippen LogP contribution in [0, 0.1) is 4.77 Å². The van der Waals surface area contributed by atoms with Crippen molar-refractivity contribution in [3.05, 3.63) is 64.2 Å². The second-order valence-corrected chi connectivity index (χ2v) is 6.62. The van der Waals surface area contributed by atoms with Crippen LogP contribution in [0.25, 0.3) is 0 Å². The van der Waals surface area contributed by atoms with Crippen LogP contribution in [0.15, 0.2) is 47.6 Å². The van der Waals surface area contributed by atoms with Crippen molar-refractivity contribution in [2.75, 3.05) is 0 Å². The summed E-state index contributed by atoms with van der Waals surface area (Å²) in [5.74, 6) is 1.18. The summed E-state index contributed by atoms with van der Waals surface area (Å²) in [7, 11) is 0. The van der Waals surface area contributed by atoms with Gasteiger partial charge in [0.2, 0.25) is 4.77 Å². The molecule has 2 aromatic carbocycles. The normalized spacial score (nSPS) is 11.4. The maximum atomic E-state index is 9.85. The summed E-state index contributed by atoms with van der Waals surface area (Å²) in [6.45, 7) is 4.43. The van der Waals surface area contributed by atoms with Crippen molar-refractivity contribution in [3.63, 3.8) is 0 Å². The molecular weight excluding hydrogens is 364 g/mol. The molecule has 0 saturated heterocycles. The number of aromatic hydroxyl groups is 2. The van der Waals surface area contributed by atoms with E-state index in [0.29, 0.717) is 22.1 Å². The minimum absolute atomic E-state index is 0.164. The maximum Gasteiger partial charge on any atom is 0.216 e. The second kappa shape index (κ2) is 8.05. The number of rotatable bonds is 6. The van der Waals surface area contributed by atoms with E-state index < -0.39 is 0 Å². The highest BCUT2D eigenvalue weighted by molar-refractivity contribution is 7.71. The highest BCUT2D eigenvalue weighted by Gasteiger charge is 2.08. The van der Waals surface area contributed by atoms with E-state index in [1.54, 1.807) is 12.1 Å². The first-order chi connectivity index (χ1) is 13.0. The lowest BCUT2D eigenvalue weighted by molar-refractivity contribution is 0.290. The van der Waals surface area contributed by atoms with Crippen molar-refractivity contribution in [3.8, 4) is 17.2 Å². The van der Waals surface area contributed by atoms with Crippen molar-refractivity contribution in [2.24, 2.45) is 5.10 Å². The summed E-state index contributed by atoms with van der Waals surface area (Å²) < 4.78 is 7.46. The molecule has 0 aliphatic heterocycles. The van der Waals surface area contributed by atoms with Crippen LogP contribution in [-0.4, -0.2) is 31.3 Å². The predicted octanol–water partition coefficient (Wildman–Crippen LogP) is 3.94. The Balaban J connectivity index is 1.75. The van der Waals surface area contributed by atoms with Gasteiger partial charge in [0.05, 0.1) is 6.21 Å². The summed E-state index contributed by atoms with van der Waals surface area (Å²) >= 11 is 5.19. The van der Waals surface area contributed by atoms with Gasteiger partial charge in [0.25, 0.3) is 0 Å². The van der Waals surface area contributed by atoms with E-state index in [0.717, 1.165) is 5.75 Å². The average molecular weight is 384 g/mol. The van der Waals surface area contributed by atoms with Gasteiger partial charge in [-0.1, -0.05) is 32.0 Å². The van der Waals surface area contributed by atoms with Gasteiger partial charge >= 0.3 is 0 Å². The summed E-state index contributed by atoms with van der Waals surface area (Å²) in [6, 6.07) is 12.5. The van der Waals surface area contributed by atoms with E-state index >= 15 is 0 Å². The van der Waals surface area contributed by atoms with Crippen LogP contribution in [0.4, 0.5) is 0 Å². The fourth-order valence-electron chi connectivity index (χ4n) is 2.41. The maximum absolute atomic E-state index is 9.85. The Hall–Kier alpha value is -3.13. The van der Waals surface area contributed by atoms with E-state index in [1.165, 1.54) is 22.5 Å². The molecule has 3 N–H and O–H groups in total. The van der Waals surface area contributed by atoms with E-state index in [2.05, 4.69) is 29.1 Å². The van der Waals surface area contributed by atoms with Crippen LogP contribution < -0.4 is 4.74 Å². The zero-order valence-corrected chi connectivity index (χ0v) is 15.8. The Morgan fingerprint density at radius 1 is 1.22 bits per heavy atom. The number of aromatic amines is 1. The number of phenolic OH excluding ortho intramolecular Hbond substituents is 2. The van der Waals surface area contributed by atoms with Crippen LogP contribution in [0.1, 0.15) is 36.7 Å². The van der Waals surface area contributed by atoms with Crippen molar-refractivity contribution in [2.45, 2.75) is 26.4 Å². The van der Waals surface area contributed by atoms with E-state index in [4.69, 9.17) is 17.0 Å². The third-order valence-electron chi connectivity index (χ3n) is 3.99. The van der Waals surface area contributed by atoms with Crippen molar-refractivity contribution in [1.82, 2.24) is 14.9 Å². The van der Waals surface area contributed by atoms with Gasteiger partial charge in [0, 0.05) is 5.56 Å². The number of ether oxygens (including phenoxy) is 1. The molecule has 0 unspecified atom stereocenters. The molecule has 3 rings (SSSR count). The molecule has 3 aromatic rings. The third kappa shape index (κ3) is 4.35. The fraction of sp³-hybridized carbons (Fsp3) is 0.211. The molecule has 0 spiro atoms. The van der Waals surface area contributed by atoms with Gasteiger partial charge in [-0.15, -0.1) is 0 Å². The minimum Gasteiger partial charge on any atom is -0.504 e. The number of phenols is 2. The van der Waals surface area contributed by atoms with E-state index in [1.807, 2.05) is 24.3 Å². The number of aromatic nitrogens is 3. The Bertz CT molecular complexity index is 1010. The number of nitrogens with zero attached hydrogens (tertiary/aromatic N) is 3. The second-order valence-electron chi connectivity index (χ2n) is 6.23. The molecule has 0 fully saturated rings. The first-order valence-electron chi connectivity index (χ1n) is 8.40. The van der Waals surface area contributed by atoms with Crippen LogP contribution in [0.5, 0.6) is 17.2 Å². The largest absolute Gasteiger partial charge is 0.504 e. The topological polar surface area (TPSA) is 95.7 Å². The van der Waals surface area contributed by atoms with Gasteiger partial charge in [-0.05, 0) is 48.0 Å². The highest BCUT2D eigenvalue weighted by atomic mass is 32.1. The molecule has 1 heterocycles. The molecule has 8 heteroatoms. The third-order valence-corrected chi connectivity index (χ3v) is 4.25. The van der Waals surface area contributed by atoms with E-state index in [9.17, 15) is 10.2 Å². The Labute approximate surface area is 161 Å². The van der Waals surface area contributed by atoms with Crippen molar-refractivity contribution in [1.29, 1.82) is 0 Å². The van der Waals surface area contributed by atoms with Gasteiger partial charge in [-0.3, -0.25) is 0 Å². The SMILES string of the molecule is CC(C)c1ccc(OCc2n[nH]c(=S)n2/N=C/c2cccc(O)c2O)cc1. The summed E-state index contributed by atoms with van der Waals surface area (Å²) in [5.41, 5.74) is 1.59. The van der Waals surface area contributed by atoms with Crippen LogP contribution in [-0.2, 0) is 6.61 Å². The van der Waals surface area contributed by atoms with Gasteiger partial charge in [0.15, 0.2) is 17.3 Å². The Kier molecular flexibility index (Phi) is 5.56. The lowest BCUT2D eigenvalue weighted by Crippen LogP contribution is -2.04. The fourth-order valence-corrected chi connectivity index (χ4v) is 2.60. The lowest BCUT2D eigenvalue weighted by Gasteiger charge is -2.08. The molecule has 0 radical (unpaired) electrons. The number of H-pyrrole nitrogens is 1. The molecule has 1 aromatic heterocycles. The minimum atomic E-state index is -0.251. The average Bonchev–Trinajstić information content (AvgIpc) is 3.01. The van der Waals surface area contributed by atoms with Crippen molar-refractivity contribution >= 4 is 18.4 Å². The number of hydrogen-bond donors (Lipinski definition) is 3. The summed E-state index contributed by atoms with van der Waals surface area (Å²) in [6.07, 6.45) is 1.39. The number of hydrogen-bond acceptors (Lipinski definition) is 6. The molecule has 0 saturated carbocycles. The van der Waals surface area contributed by atoms with Crippen LogP contribution >= 0.6 is 12.2 Å². The molecule has 27 heavy (non-hydrogen) atoms. The van der Waals surface area contributed by atoms with Gasteiger partial charge < -0.3 is 14.9 Å². The molecule has 7 nitrogen and oxygen atoms in total. The molecular formula is C19H20N4O3S. The Morgan fingerprint density at radius 2 is 1.96 bits per heavy atom.